The molecule has 2 heterocycles. The van der Waals surface area contributed by atoms with Crippen LogP contribution < -0.4 is 5.32 Å². The highest BCUT2D eigenvalue weighted by Gasteiger charge is 2.48. The Morgan fingerprint density at radius 1 is 1.31 bits per heavy atom. The molecule has 0 radical (unpaired) electrons. The number of methoxy groups -OCH3 is 1. The number of hydrogen-bond donors (Lipinski definition) is 1. The lowest BCUT2D eigenvalue weighted by Crippen LogP contribution is -2.63. The van der Waals surface area contributed by atoms with E-state index in [1.807, 2.05) is 18.2 Å². The number of imide groups is 1. The van der Waals surface area contributed by atoms with Crippen LogP contribution in [0.1, 0.15) is 10.4 Å². The van der Waals surface area contributed by atoms with Gasteiger partial charge in [0.1, 0.15) is 0 Å². The van der Waals surface area contributed by atoms with Crippen LogP contribution in [0, 0.1) is 0 Å². The number of amidine groups is 1. The Kier molecular flexibility index (Phi) is 5.58. The maximum atomic E-state index is 12.4. The van der Waals surface area contributed by atoms with Crippen molar-refractivity contribution in [3.8, 4) is 0 Å². The van der Waals surface area contributed by atoms with E-state index in [1.165, 1.54) is 16.7 Å². The van der Waals surface area contributed by atoms with Crippen molar-refractivity contribution >= 4 is 34.7 Å². The highest BCUT2D eigenvalue weighted by Crippen LogP contribution is 2.28. The Balaban J connectivity index is 1.76. The minimum atomic E-state index is -0.609. The van der Waals surface area contributed by atoms with Crippen molar-refractivity contribution in [2.24, 2.45) is 4.99 Å². The number of benzene rings is 1. The summed E-state index contributed by atoms with van der Waals surface area (Å²) in [6, 6.07) is 7.93. The second-order valence-corrected chi connectivity index (χ2v) is 6.88. The van der Waals surface area contributed by atoms with Gasteiger partial charge in [0, 0.05) is 26.3 Å². The normalized spacial score (nSPS) is 22.2. The summed E-state index contributed by atoms with van der Waals surface area (Å²) in [5.74, 6) is -0.206. The molecule has 1 fully saturated rings. The summed E-state index contributed by atoms with van der Waals surface area (Å²) in [7, 11) is 3.17. The van der Waals surface area contributed by atoms with Gasteiger partial charge in [0.2, 0.25) is 0 Å². The fourth-order valence-corrected chi connectivity index (χ4v) is 3.86. The first-order valence-electron chi connectivity index (χ1n) is 8.15. The van der Waals surface area contributed by atoms with E-state index in [-0.39, 0.29) is 17.4 Å². The Morgan fingerprint density at radius 2 is 2.04 bits per heavy atom. The molecule has 1 aromatic rings. The lowest BCUT2D eigenvalue weighted by molar-refractivity contribution is -0.127. The zero-order chi connectivity index (χ0) is 18.7. The van der Waals surface area contributed by atoms with Gasteiger partial charge >= 0.3 is 6.03 Å². The molecule has 2 unspecified atom stereocenters. The lowest BCUT2D eigenvalue weighted by Gasteiger charge is -2.36. The quantitative estimate of drug-likeness (QED) is 0.739. The molecule has 0 spiro atoms. The van der Waals surface area contributed by atoms with Crippen LogP contribution in [-0.2, 0) is 9.53 Å². The molecule has 0 aliphatic carbocycles. The van der Waals surface area contributed by atoms with Gasteiger partial charge in [0.05, 0.1) is 12.4 Å². The first kappa shape index (κ1) is 18.4. The van der Waals surface area contributed by atoms with Crippen LogP contribution in [0.15, 0.2) is 35.3 Å². The van der Waals surface area contributed by atoms with Crippen molar-refractivity contribution < 1.29 is 19.1 Å². The number of likely N-dealkylation sites (N-methyl/N-ethyl adjacent to an activating group) is 1. The summed E-state index contributed by atoms with van der Waals surface area (Å²) >= 11 is 1.27. The molecule has 8 nitrogen and oxygen atoms in total. The largest absolute Gasteiger partial charge is 0.383 e. The number of Topliss-reactive ketones (excluding diaryl/α,β-unsaturated/α-hetero) is 1. The number of hydrogen-bond acceptors (Lipinski definition) is 7. The Labute approximate surface area is 155 Å². The van der Waals surface area contributed by atoms with E-state index in [4.69, 9.17) is 4.74 Å². The van der Waals surface area contributed by atoms with Gasteiger partial charge < -0.3 is 14.5 Å². The number of ketones is 1. The number of aliphatic imine (C=N–C) groups is 1. The molecule has 0 aromatic heterocycles. The van der Waals surface area contributed by atoms with Crippen molar-refractivity contribution in [2.75, 3.05) is 33.1 Å². The molecule has 0 saturated carbocycles. The predicted molar refractivity (Wildman–Crippen MR) is 98.1 cm³/mol. The summed E-state index contributed by atoms with van der Waals surface area (Å²) in [4.78, 5) is 44.3. The minimum Gasteiger partial charge on any atom is -0.383 e. The lowest BCUT2D eigenvalue weighted by atomic mass is 10.1. The molecule has 1 N–H and O–H groups in total. The van der Waals surface area contributed by atoms with Crippen molar-refractivity contribution in [3.05, 3.63) is 35.9 Å². The summed E-state index contributed by atoms with van der Waals surface area (Å²) in [5.41, 5.74) is 0.629. The van der Waals surface area contributed by atoms with Crippen molar-refractivity contribution in [1.29, 1.82) is 0 Å². The Bertz CT molecular complexity index is 740. The van der Waals surface area contributed by atoms with Gasteiger partial charge in [-0.05, 0) is 0 Å². The highest BCUT2D eigenvalue weighted by atomic mass is 32.2. The van der Waals surface area contributed by atoms with Crippen molar-refractivity contribution in [1.82, 2.24) is 15.1 Å². The van der Waals surface area contributed by atoms with E-state index in [0.29, 0.717) is 23.9 Å². The van der Waals surface area contributed by atoms with E-state index < -0.39 is 18.2 Å². The van der Waals surface area contributed by atoms with Crippen LogP contribution in [-0.4, -0.2) is 78.0 Å². The van der Waals surface area contributed by atoms with E-state index in [9.17, 15) is 14.4 Å². The number of ether oxygens (including phenoxy) is 1. The summed E-state index contributed by atoms with van der Waals surface area (Å²) < 4.78 is 5.12. The third kappa shape index (κ3) is 3.58. The molecule has 3 amide bonds. The monoisotopic (exact) mass is 376 g/mol. The van der Waals surface area contributed by atoms with Crippen molar-refractivity contribution in [2.45, 2.75) is 12.2 Å². The van der Waals surface area contributed by atoms with Crippen LogP contribution in [0.3, 0.4) is 0 Å². The van der Waals surface area contributed by atoms with Gasteiger partial charge in [-0.25, -0.2) is 9.79 Å². The topological polar surface area (TPSA) is 91.3 Å². The number of rotatable bonds is 6. The number of urea groups is 1. The molecule has 138 valence electrons. The molecule has 3 rings (SSSR count). The number of carbonyl (C=O) groups is 3. The summed E-state index contributed by atoms with van der Waals surface area (Å²) in [6.07, 6.45) is -0.595. The maximum absolute atomic E-state index is 12.4. The van der Waals surface area contributed by atoms with Gasteiger partial charge in [0.25, 0.3) is 5.91 Å². The van der Waals surface area contributed by atoms with E-state index in [1.54, 1.807) is 31.2 Å². The number of fused-ring (bicyclic) bond motifs is 1. The molecule has 26 heavy (non-hydrogen) atoms. The molecule has 2 atom stereocenters. The number of amides is 3. The third-order valence-corrected chi connectivity index (χ3v) is 5.29. The number of nitrogens with one attached hydrogen (secondary N) is 1. The zero-order valence-corrected chi connectivity index (χ0v) is 15.4. The van der Waals surface area contributed by atoms with E-state index in [2.05, 4.69) is 10.3 Å². The van der Waals surface area contributed by atoms with Gasteiger partial charge in [-0.2, -0.15) is 0 Å². The Morgan fingerprint density at radius 3 is 2.73 bits per heavy atom. The van der Waals surface area contributed by atoms with Crippen LogP contribution in [0.4, 0.5) is 4.79 Å². The zero-order valence-electron chi connectivity index (χ0n) is 14.5. The fourth-order valence-electron chi connectivity index (χ4n) is 2.88. The van der Waals surface area contributed by atoms with Gasteiger partial charge in [-0.1, -0.05) is 42.1 Å². The first-order chi connectivity index (χ1) is 12.5. The average Bonchev–Trinajstić information content (AvgIpc) is 3.02. The van der Waals surface area contributed by atoms with Gasteiger partial charge in [-0.3, -0.25) is 14.9 Å². The molecule has 9 heteroatoms. The van der Waals surface area contributed by atoms with Gasteiger partial charge in [0.15, 0.2) is 23.2 Å². The molecule has 1 aromatic carbocycles. The van der Waals surface area contributed by atoms with E-state index >= 15 is 0 Å². The molecule has 0 bridgehead atoms. The molecular formula is C17H20N4O4S. The van der Waals surface area contributed by atoms with Gasteiger partial charge in [-0.15, -0.1) is 0 Å². The maximum Gasteiger partial charge on any atom is 0.325 e. The minimum absolute atomic E-state index is 0.0197. The average molecular weight is 376 g/mol. The molecule has 2 aliphatic heterocycles. The number of carbonyl (C=O) groups excluding carboxylic acids is 3. The van der Waals surface area contributed by atoms with E-state index in [0.717, 1.165) is 0 Å². The Hall–Kier alpha value is -2.39. The molecule has 2 aliphatic rings. The molecule has 1 saturated heterocycles. The van der Waals surface area contributed by atoms with Crippen LogP contribution in [0.5, 0.6) is 0 Å². The van der Waals surface area contributed by atoms with Crippen LogP contribution >= 0.6 is 11.8 Å². The standard InChI is InChI=1S/C17H20N4O4S/c1-20-14-13(15(23)19-16(20)24)21(8-9-25-2)17(18-14)26-10-12(22)11-6-4-3-5-7-11/h3-7,13-14H,8-10H2,1-2H3,(H,19,23,24). The smallest absolute Gasteiger partial charge is 0.325 e. The highest BCUT2D eigenvalue weighted by molar-refractivity contribution is 8.14. The number of thioether (sulfide) groups is 1. The van der Waals surface area contributed by atoms with Crippen molar-refractivity contribution in [3.63, 3.8) is 0 Å². The predicted octanol–water partition coefficient (Wildman–Crippen LogP) is 0.797. The second-order valence-electron chi connectivity index (χ2n) is 5.94. The molecular weight excluding hydrogens is 356 g/mol. The summed E-state index contributed by atoms with van der Waals surface area (Å²) in [6.45, 7) is 0.846. The van der Waals surface area contributed by atoms with Crippen LogP contribution in [0.2, 0.25) is 0 Å². The fraction of sp³-hybridized carbons (Fsp3) is 0.412. The number of nitrogens with zero attached hydrogens (tertiary/aromatic N) is 3. The van der Waals surface area contributed by atoms with Crippen LogP contribution in [0.25, 0.3) is 0 Å². The summed E-state index contributed by atoms with van der Waals surface area (Å²) in [5, 5.41) is 2.90. The third-order valence-electron chi connectivity index (χ3n) is 4.29. The SMILES string of the molecule is COCCN1C(SCC(=O)c2ccccc2)=NC2C1C(=O)NC(=O)N2C. The first-order valence-corrected chi connectivity index (χ1v) is 9.13. The second kappa shape index (κ2) is 7.88.